The zero-order valence-corrected chi connectivity index (χ0v) is 19.5. The lowest BCUT2D eigenvalue weighted by Crippen LogP contribution is -2.24. The number of hydrogen-bond donors (Lipinski definition) is 2. The van der Waals surface area contributed by atoms with Crippen molar-refractivity contribution in [3.8, 4) is 16.9 Å². The first kappa shape index (κ1) is 22.0. The molecule has 0 spiro atoms. The van der Waals surface area contributed by atoms with Gasteiger partial charge in [0.15, 0.2) is 17.3 Å². The molecule has 182 valence electrons. The molecule has 0 saturated heterocycles. The van der Waals surface area contributed by atoms with E-state index in [1.54, 1.807) is 35.4 Å². The Labute approximate surface area is 205 Å². The Hall–Kier alpha value is -4.54. The summed E-state index contributed by atoms with van der Waals surface area (Å²) in [6.07, 6.45) is 11.4. The van der Waals surface area contributed by atoms with Crippen LogP contribution < -0.4 is 10.1 Å². The van der Waals surface area contributed by atoms with Gasteiger partial charge in [-0.05, 0) is 42.0 Å². The monoisotopic (exact) mass is 486 g/mol. The van der Waals surface area contributed by atoms with E-state index in [4.69, 9.17) is 4.74 Å². The highest BCUT2D eigenvalue weighted by Crippen LogP contribution is 2.39. The first-order valence-corrected chi connectivity index (χ1v) is 11.6. The number of aromatic amines is 1. The highest BCUT2D eigenvalue weighted by atomic mass is 19.1. The van der Waals surface area contributed by atoms with Gasteiger partial charge >= 0.3 is 0 Å². The van der Waals surface area contributed by atoms with Gasteiger partial charge in [-0.25, -0.2) is 14.1 Å². The molecular formula is C25H23FN8O2. The lowest BCUT2D eigenvalue weighted by molar-refractivity contribution is 0.0945. The van der Waals surface area contributed by atoms with Crippen LogP contribution in [0.2, 0.25) is 0 Å². The molecule has 0 bridgehead atoms. The Morgan fingerprint density at radius 3 is 2.89 bits per heavy atom. The minimum Gasteiger partial charge on any atom is -0.494 e. The fourth-order valence-electron chi connectivity index (χ4n) is 4.30. The van der Waals surface area contributed by atoms with Crippen molar-refractivity contribution in [3.05, 3.63) is 83.6 Å². The van der Waals surface area contributed by atoms with Crippen molar-refractivity contribution < 1.29 is 13.9 Å². The number of fused-ring (bicyclic) bond motifs is 1. The molecule has 6 rings (SSSR count). The van der Waals surface area contributed by atoms with Gasteiger partial charge in [0, 0.05) is 36.3 Å². The summed E-state index contributed by atoms with van der Waals surface area (Å²) in [7, 11) is 1.39. The van der Waals surface area contributed by atoms with Crippen molar-refractivity contribution in [2.45, 2.75) is 31.8 Å². The van der Waals surface area contributed by atoms with Crippen molar-refractivity contribution >= 4 is 11.6 Å². The second-order valence-corrected chi connectivity index (χ2v) is 8.81. The van der Waals surface area contributed by atoms with Gasteiger partial charge < -0.3 is 14.5 Å². The van der Waals surface area contributed by atoms with Crippen LogP contribution in [0.4, 0.5) is 4.39 Å². The summed E-state index contributed by atoms with van der Waals surface area (Å²) in [6, 6.07) is 7.42. The molecule has 2 N–H and O–H groups in total. The molecule has 5 aromatic rings. The number of aromatic nitrogens is 7. The van der Waals surface area contributed by atoms with E-state index in [-0.39, 0.29) is 23.6 Å². The van der Waals surface area contributed by atoms with Crippen molar-refractivity contribution in [2.24, 2.45) is 0 Å². The molecular weight excluding hydrogens is 463 g/mol. The van der Waals surface area contributed by atoms with Gasteiger partial charge in [0.1, 0.15) is 5.65 Å². The number of nitrogens with one attached hydrogen (secondary N) is 2. The quantitative estimate of drug-likeness (QED) is 0.348. The molecule has 4 aromatic heterocycles. The third-order valence-electron chi connectivity index (χ3n) is 6.33. The number of halogens is 1. The van der Waals surface area contributed by atoms with Crippen LogP contribution in [-0.4, -0.2) is 47.6 Å². The molecule has 0 unspecified atom stereocenters. The Morgan fingerprint density at radius 1 is 1.22 bits per heavy atom. The molecule has 36 heavy (non-hydrogen) atoms. The molecule has 0 atom stereocenters. The van der Waals surface area contributed by atoms with Crippen molar-refractivity contribution in [1.82, 2.24) is 39.9 Å². The second kappa shape index (κ2) is 8.91. The molecule has 1 fully saturated rings. The summed E-state index contributed by atoms with van der Waals surface area (Å²) in [5.74, 6) is -0.255. The van der Waals surface area contributed by atoms with Crippen LogP contribution in [0.5, 0.6) is 5.75 Å². The number of H-pyrrole nitrogens is 1. The molecule has 1 amide bonds. The van der Waals surface area contributed by atoms with E-state index < -0.39 is 11.7 Å². The average Bonchev–Trinajstić information content (AvgIpc) is 3.24. The van der Waals surface area contributed by atoms with E-state index in [2.05, 4.69) is 43.1 Å². The normalized spacial score (nSPS) is 13.3. The van der Waals surface area contributed by atoms with Crippen LogP contribution in [-0.2, 0) is 13.1 Å². The molecule has 11 heteroatoms. The highest BCUT2D eigenvalue weighted by molar-refractivity contribution is 5.92. The summed E-state index contributed by atoms with van der Waals surface area (Å²) < 4.78 is 23.7. The second-order valence-electron chi connectivity index (χ2n) is 8.81. The largest absolute Gasteiger partial charge is 0.494 e. The molecule has 1 aromatic carbocycles. The van der Waals surface area contributed by atoms with Gasteiger partial charge in [0.25, 0.3) is 5.91 Å². The van der Waals surface area contributed by atoms with Gasteiger partial charge in [0.2, 0.25) is 0 Å². The van der Waals surface area contributed by atoms with Gasteiger partial charge in [0.05, 0.1) is 31.7 Å². The topological polar surface area (TPSA) is 115 Å². The number of rotatable bonds is 8. The number of pyridine rings is 1. The van der Waals surface area contributed by atoms with Gasteiger partial charge in [-0.2, -0.15) is 5.10 Å². The highest BCUT2D eigenvalue weighted by Gasteiger charge is 2.24. The fourth-order valence-corrected chi connectivity index (χ4v) is 4.30. The lowest BCUT2D eigenvalue weighted by atomic mass is 10.0. The zero-order chi connectivity index (χ0) is 24.6. The zero-order valence-electron chi connectivity index (χ0n) is 19.5. The van der Waals surface area contributed by atoms with Crippen LogP contribution in [0.3, 0.4) is 0 Å². The van der Waals surface area contributed by atoms with Crippen LogP contribution in [0.25, 0.3) is 16.8 Å². The molecule has 10 nitrogen and oxygen atoms in total. The van der Waals surface area contributed by atoms with Crippen LogP contribution >= 0.6 is 0 Å². The van der Waals surface area contributed by atoms with Gasteiger partial charge in [-0.3, -0.25) is 9.89 Å². The number of carbonyl (C=O) groups is 1. The van der Waals surface area contributed by atoms with E-state index in [0.717, 1.165) is 11.3 Å². The Bertz CT molecular complexity index is 1550. The number of carbonyl (C=O) groups excluding carboxylic acids is 1. The minimum absolute atomic E-state index is 0.0645. The smallest absolute Gasteiger partial charge is 0.273 e. The number of benzene rings is 1. The summed E-state index contributed by atoms with van der Waals surface area (Å²) in [6.45, 7) is 0.306. The number of imidazole rings is 1. The van der Waals surface area contributed by atoms with Crippen molar-refractivity contribution in [1.29, 1.82) is 0 Å². The summed E-state index contributed by atoms with van der Waals surface area (Å²) in [5.41, 5.74) is 4.71. The average molecular weight is 487 g/mol. The van der Waals surface area contributed by atoms with E-state index in [1.165, 1.54) is 25.5 Å². The molecule has 0 radical (unpaired) electrons. The number of nitrogens with zero attached hydrogens (tertiary/aromatic N) is 6. The molecule has 1 aliphatic rings. The first-order chi connectivity index (χ1) is 17.6. The number of amides is 1. The Morgan fingerprint density at radius 2 is 2.11 bits per heavy atom. The molecule has 1 aliphatic carbocycles. The molecule has 0 aliphatic heterocycles. The molecule has 1 saturated carbocycles. The maximum absolute atomic E-state index is 15.0. The van der Waals surface area contributed by atoms with E-state index in [9.17, 15) is 4.79 Å². The first-order valence-electron chi connectivity index (χ1n) is 11.6. The molecule has 4 heterocycles. The maximum Gasteiger partial charge on any atom is 0.273 e. The third kappa shape index (κ3) is 4.19. The number of methoxy groups -OCH3 is 1. The maximum atomic E-state index is 15.0. The van der Waals surface area contributed by atoms with E-state index in [1.807, 2.05) is 16.7 Å². The minimum atomic E-state index is -0.545. The van der Waals surface area contributed by atoms with Crippen molar-refractivity contribution in [2.75, 3.05) is 7.11 Å². The van der Waals surface area contributed by atoms with Crippen LogP contribution in [0, 0.1) is 5.82 Å². The van der Waals surface area contributed by atoms with Crippen LogP contribution in [0.1, 0.15) is 46.1 Å². The SMILES string of the molecule is COc1ccc(-c2cn[nH]c2)c(CNC(=O)c2cn(Cc3cn4cc(C5CC5)ccc4n3)nn2)c1F. The Kier molecular flexibility index (Phi) is 5.44. The standard InChI is InChI=1S/C25H23FN8O2/c1-36-22-6-5-19(17-8-28-29-9-17)20(24(22)26)10-27-25(35)21-14-34(32-31-21)13-18-12-33-11-16(15-2-3-15)4-7-23(33)30-18/h4-9,11-12,14-15H,2-3,10,13H2,1H3,(H,27,35)(H,28,29). The lowest BCUT2D eigenvalue weighted by Gasteiger charge is -2.13. The number of ether oxygens (including phenoxy) is 1. The van der Waals surface area contributed by atoms with Crippen LogP contribution in [0.15, 0.2) is 55.2 Å². The summed E-state index contributed by atoms with van der Waals surface area (Å²) in [5, 5.41) is 17.4. The summed E-state index contributed by atoms with van der Waals surface area (Å²) >= 11 is 0. The van der Waals surface area contributed by atoms with Crippen molar-refractivity contribution in [3.63, 3.8) is 0 Å². The van der Waals surface area contributed by atoms with E-state index >= 15 is 4.39 Å². The van der Waals surface area contributed by atoms with E-state index in [0.29, 0.717) is 23.6 Å². The fraction of sp³-hybridized carbons (Fsp3) is 0.240. The number of hydrogen-bond acceptors (Lipinski definition) is 6. The summed E-state index contributed by atoms with van der Waals surface area (Å²) in [4.78, 5) is 17.4. The van der Waals surface area contributed by atoms with Gasteiger partial charge in [-0.1, -0.05) is 17.3 Å². The third-order valence-corrected chi connectivity index (χ3v) is 6.33. The predicted molar refractivity (Wildman–Crippen MR) is 128 cm³/mol. The Balaban J connectivity index is 1.16. The predicted octanol–water partition coefficient (Wildman–Crippen LogP) is 3.32. The van der Waals surface area contributed by atoms with Gasteiger partial charge in [-0.15, -0.1) is 5.10 Å².